The van der Waals surface area contributed by atoms with Crippen LogP contribution in [0, 0.1) is 0 Å². The Kier molecular flexibility index (Phi) is 8.27. The van der Waals surface area contributed by atoms with Crippen molar-refractivity contribution in [2.24, 2.45) is 0 Å². The molecule has 1 atom stereocenters. The van der Waals surface area contributed by atoms with Gasteiger partial charge < -0.3 is 4.74 Å². The Labute approximate surface area is 222 Å². The van der Waals surface area contributed by atoms with Gasteiger partial charge in [-0.3, -0.25) is 5.32 Å². The Hall–Kier alpha value is -3.37. The van der Waals surface area contributed by atoms with E-state index < -0.39 is 17.6 Å². The zero-order valence-corrected chi connectivity index (χ0v) is 21.5. The van der Waals surface area contributed by atoms with Crippen molar-refractivity contribution in [3.63, 3.8) is 0 Å². The minimum atomic E-state index is -0.854. The minimum absolute atomic E-state index is 0.236. The lowest BCUT2D eigenvalue weighted by Crippen LogP contribution is -2.47. The summed E-state index contributed by atoms with van der Waals surface area (Å²) in [5.74, 6) is -0.496. The second-order valence-corrected chi connectivity index (χ2v) is 9.18. The van der Waals surface area contributed by atoms with Crippen LogP contribution in [0.2, 0.25) is 10.0 Å². The van der Waals surface area contributed by atoms with Crippen LogP contribution in [0.4, 0.5) is 0 Å². The lowest BCUT2D eigenvalue weighted by atomic mass is 9.75. The van der Waals surface area contributed by atoms with Crippen LogP contribution in [0.25, 0.3) is 0 Å². The number of carbonyl (C=O) groups is 1. The summed E-state index contributed by atoms with van der Waals surface area (Å²) in [5, 5.41) is 4.73. The highest BCUT2D eigenvalue weighted by atomic mass is 35.5. The summed E-state index contributed by atoms with van der Waals surface area (Å²) in [7, 11) is 0. The third-order valence-electron chi connectivity index (χ3n) is 6.14. The van der Waals surface area contributed by atoms with Crippen LogP contribution in [-0.2, 0) is 15.1 Å². The van der Waals surface area contributed by atoms with E-state index >= 15 is 0 Å². The minimum Gasteiger partial charge on any atom is -0.463 e. The molecule has 0 aliphatic carbocycles. The van der Waals surface area contributed by atoms with Crippen LogP contribution in [-0.4, -0.2) is 12.6 Å². The van der Waals surface area contributed by atoms with E-state index in [0.29, 0.717) is 15.6 Å². The number of halogens is 2. The van der Waals surface area contributed by atoms with Crippen molar-refractivity contribution in [2.75, 3.05) is 6.61 Å². The maximum atomic E-state index is 13.0. The normalized spacial score (nSPS) is 12.1. The van der Waals surface area contributed by atoms with Crippen LogP contribution in [0.1, 0.15) is 35.2 Å². The number of hydrogen-bond acceptors (Lipinski definition) is 3. The second kappa shape index (κ2) is 11.6. The highest BCUT2D eigenvalue weighted by molar-refractivity contribution is 6.35. The summed E-state index contributed by atoms with van der Waals surface area (Å²) < 4.78 is 5.35. The van der Waals surface area contributed by atoms with Crippen molar-refractivity contribution in [3.8, 4) is 0 Å². The summed E-state index contributed by atoms with van der Waals surface area (Å²) in [5.41, 5.74) is 3.05. The molecule has 5 heteroatoms. The lowest BCUT2D eigenvalue weighted by molar-refractivity contribution is -0.138. The van der Waals surface area contributed by atoms with Gasteiger partial charge in [0.2, 0.25) is 0 Å². The fourth-order valence-corrected chi connectivity index (χ4v) is 4.98. The van der Waals surface area contributed by atoms with Gasteiger partial charge in [-0.2, -0.15) is 0 Å². The number of rotatable bonds is 9. The first-order valence-electron chi connectivity index (χ1n) is 11.7. The van der Waals surface area contributed by atoms with Gasteiger partial charge in [0, 0.05) is 10.0 Å². The van der Waals surface area contributed by atoms with Crippen LogP contribution in [0.15, 0.2) is 121 Å². The Morgan fingerprint density at radius 2 is 1.31 bits per heavy atom. The van der Waals surface area contributed by atoms with Gasteiger partial charge in [0.05, 0.1) is 23.8 Å². The van der Waals surface area contributed by atoms with E-state index in [2.05, 4.69) is 48.3 Å². The fourth-order valence-electron chi connectivity index (χ4n) is 4.46. The fraction of sp³-hybridized carbons (Fsp3) is 0.129. The molecule has 1 unspecified atom stereocenters. The molecule has 4 aromatic carbocycles. The van der Waals surface area contributed by atoms with E-state index in [4.69, 9.17) is 27.9 Å². The van der Waals surface area contributed by atoms with Crippen LogP contribution < -0.4 is 5.32 Å². The predicted octanol–water partition coefficient (Wildman–Crippen LogP) is 7.74. The summed E-state index contributed by atoms with van der Waals surface area (Å²) in [6, 6.07) is 34.9. The zero-order valence-electron chi connectivity index (χ0n) is 20.0. The van der Waals surface area contributed by atoms with E-state index in [9.17, 15) is 4.79 Å². The van der Waals surface area contributed by atoms with Gasteiger partial charge in [-0.25, -0.2) is 4.79 Å². The Balaban J connectivity index is 2.00. The van der Waals surface area contributed by atoms with Crippen molar-refractivity contribution >= 4 is 29.2 Å². The predicted molar refractivity (Wildman–Crippen MR) is 147 cm³/mol. The molecule has 0 heterocycles. The van der Waals surface area contributed by atoms with Crippen molar-refractivity contribution in [3.05, 3.63) is 154 Å². The number of esters is 1. The molecule has 0 saturated carbocycles. The molecular weight excluding hydrogens is 489 g/mol. The van der Waals surface area contributed by atoms with Crippen LogP contribution in [0.5, 0.6) is 0 Å². The van der Waals surface area contributed by atoms with E-state index in [-0.39, 0.29) is 12.2 Å². The number of ether oxygens (including phenoxy) is 1. The summed E-state index contributed by atoms with van der Waals surface area (Å²) >= 11 is 12.9. The highest BCUT2D eigenvalue weighted by Crippen LogP contribution is 2.41. The molecule has 0 spiro atoms. The average molecular weight is 516 g/mol. The van der Waals surface area contributed by atoms with Gasteiger partial charge in [0.25, 0.3) is 0 Å². The van der Waals surface area contributed by atoms with Gasteiger partial charge in [-0.15, -0.1) is 0 Å². The molecule has 0 aliphatic rings. The smallest absolute Gasteiger partial charge is 0.335 e. The molecule has 0 bridgehead atoms. The molecule has 0 amide bonds. The Bertz CT molecular complexity index is 1230. The maximum Gasteiger partial charge on any atom is 0.335 e. The highest BCUT2D eigenvalue weighted by Gasteiger charge is 2.40. The zero-order chi connectivity index (χ0) is 25.5. The molecule has 36 heavy (non-hydrogen) atoms. The van der Waals surface area contributed by atoms with Crippen LogP contribution in [0.3, 0.4) is 0 Å². The van der Waals surface area contributed by atoms with Gasteiger partial charge in [-0.1, -0.05) is 127 Å². The summed E-state index contributed by atoms with van der Waals surface area (Å²) in [6.07, 6.45) is 0. The molecule has 3 nitrogen and oxygen atoms in total. The van der Waals surface area contributed by atoms with Gasteiger partial charge in [0.15, 0.2) is 0 Å². The first-order chi connectivity index (χ1) is 17.5. The number of carbonyl (C=O) groups excluding carboxylic acids is 1. The van der Waals surface area contributed by atoms with E-state index in [1.54, 1.807) is 19.1 Å². The molecular formula is C31H27Cl2NO2. The monoisotopic (exact) mass is 515 g/mol. The molecule has 0 fully saturated rings. The Morgan fingerprint density at radius 1 is 0.833 bits per heavy atom. The standard InChI is InChI=1S/C31H27Cl2NO2/c1-3-36-30(35)22(2)29(27-20-19-26(32)21-28(27)33)34-31(23-13-7-4-8-14-23,24-15-9-5-10-16-24)25-17-11-6-12-18-25/h4-21,29,34H,2-3H2,1H3. The van der Waals surface area contributed by atoms with Gasteiger partial charge in [-0.05, 0) is 41.3 Å². The van der Waals surface area contributed by atoms with E-state index in [1.165, 1.54) is 0 Å². The number of benzene rings is 4. The van der Waals surface area contributed by atoms with Crippen LogP contribution >= 0.6 is 23.2 Å². The van der Waals surface area contributed by atoms with Crippen molar-refractivity contribution < 1.29 is 9.53 Å². The molecule has 0 saturated heterocycles. The van der Waals surface area contributed by atoms with E-state index in [0.717, 1.165) is 16.7 Å². The molecule has 1 N–H and O–H groups in total. The Morgan fingerprint density at radius 3 is 1.72 bits per heavy atom. The first kappa shape index (κ1) is 25.7. The summed E-state index contributed by atoms with van der Waals surface area (Å²) in [4.78, 5) is 13.0. The van der Waals surface area contributed by atoms with Crippen molar-refractivity contribution in [2.45, 2.75) is 18.5 Å². The first-order valence-corrected chi connectivity index (χ1v) is 12.5. The van der Waals surface area contributed by atoms with E-state index in [1.807, 2.05) is 60.7 Å². The summed E-state index contributed by atoms with van der Waals surface area (Å²) in [6.45, 7) is 6.16. The van der Waals surface area contributed by atoms with Crippen molar-refractivity contribution in [1.29, 1.82) is 0 Å². The molecule has 0 aliphatic heterocycles. The topological polar surface area (TPSA) is 38.3 Å². The second-order valence-electron chi connectivity index (χ2n) is 8.34. The SMILES string of the molecule is C=C(C(=O)OCC)C(NC(c1ccccc1)(c1ccccc1)c1ccccc1)c1ccc(Cl)cc1Cl. The molecule has 0 aromatic heterocycles. The lowest BCUT2D eigenvalue weighted by Gasteiger charge is -2.40. The number of hydrogen-bond donors (Lipinski definition) is 1. The molecule has 4 rings (SSSR count). The van der Waals surface area contributed by atoms with Crippen molar-refractivity contribution in [1.82, 2.24) is 5.32 Å². The third kappa shape index (κ3) is 5.24. The maximum absolute atomic E-state index is 13.0. The average Bonchev–Trinajstić information content (AvgIpc) is 2.91. The van der Waals surface area contributed by atoms with Gasteiger partial charge >= 0.3 is 5.97 Å². The molecule has 182 valence electrons. The third-order valence-corrected chi connectivity index (χ3v) is 6.70. The molecule has 4 aromatic rings. The number of nitrogens with one attached hydrogen (secondary N) is 1. The molecule has 0 radical (unpaired) electrons. The largest absolute Gasteiger partial charge is 0.463 e. The quantitative estimate of drug-likeness (QED) is 0.141. The van der Waals surface area contributed by atoms with Gasteiger partial charge in [0.1, 0.15) is 0 Å².